The van der Waals surface area contributed by atoms with Crippen LogP contribution in [0.2, 0.25) is 0 Å². The van der Waals surface area contributed by atoms with Crippen molar-refractivity contribution in [2.75, 3.05) is 0 Å². The highest BCUT2D eigenvalue weighted by molar-refractivity contribution is 5.97. The summed E-state index contributed by atoms with van der Waals surface area (Å²) in [7, 11) is 1.88. The average Bonchev–Trinajstić information content (AvgIpc) is 3.27. The average molecular weight is 352 g/mol. The minimum atomic E-state index is -0.204. The van der Waals surface area contributed by atoms with Gasteiger partial charge in [0.2, 0.25) is 5.91 Å². The summed E-state index contributed by atoms with van der Waals surface area (Å²) >= 11 is 0. The molecule has 1 aromatic carbocycles. The lowest BCUT2D eigenvalue weighted by atomic mass is 10.1. The van der Waals surface area contributed by atoms with E-state index in [1.165, 1.54) is 6.92 Å². The van der Waals surface area contributed by atoms with E-state index in [0.29, 0.717) is 24.3 Å². The number of hydrogen-bond donors (Lipinski definition) is 2. The standard InChI is InChI=1S/C18H20N6O2/c1-13(25)19-7-14-8-22-24(10-14)17-6-4-3-5-16(17)18(26)20-9-15-11-23(2)12-21-15/h3-6,8,10-12H,7,9H2,1-2H3,(H,19,25)(H,20,26). The number of carbonyl (C=O) groups is 2. The van der Waals surface area contributed by atoms with Crippen LogP contribution in [0.4, 0.5) is 0 Å². The van der Waals surface area contributed by atoms with Crippen molar-refractivity contribution < 1.29 is 9.59 Å². The van der Waals surface area contributed by atoms with Crippen LogP contribution in [-0.4, -0.2) is 31.1 Å². The zero-order valence-electron chi connectivity index (χ0n) is 14.6. The number of nitrogens with zero attached hydrogens (tertiary/aromatic N) is 4. The van der Waals surface area contributed by atoms with Gasteiger partial charge in [0.15, 0.2) is 0 Å². The normalized spacial score (nSPS) is 10.5. The Balaban J connectivity index is 1.75. The van der Waals surface area contributed by atoms with Crippen molar-refractivity contribution in [2.45, 2.75) is 20.0 Å². The Kier molecular flexibility index (Phi) is 5.12. The minimum Gasteiger partial charge on any atom is -0.352 e. The molecule has 8 nitrogen and oxygen atoms in total. The van der Waals surface area contributed by atoms with Gasteiger partial charge >= 0.3 is 0 Å². The molecule has 2 N–H and O–H groups in total. The van der Waals surface area contributed by atoms with Crippen molar-refractivity contribution in [1.29, 1.82) is 0 Å². The predicted molar refractivity (Wildman–Crippen MR) is 95.5 cm³/mol. The number of imidazole rings is 1. The quantitative estimate of drug-likeness (QED) is 0.696. The van der Waals surface area contributed by atoms with Crippen LogP contribution >= 0.6 is 0 Å². The lowest BCUT2D eigenvalue weighted by Gasteiger charge is -2.09. The first kappa shape index (κ1) is 17.4. The molecule has 0 atom stereocenters. The van der Waals surface area contributed by atoms with E-state index >= 15 is 0 Å². The summed E-state index contributed by atoms with van der Waals surface area (Å²) in [4.78, 5) is 27.8. The van der Waals surface area contributed by atoms with Gasteiger partial charge in [0.25, 0.3) is 5.91 Å². The number of carbonyl (C=O) groups excluding carboxylic acids is 2. The summed E-state index contributed by atoms with van der Waals surface area (Å²) in [5.74, 6) is -0.308. The van der Waals surface area contributed by atoms with Gasteiger partial charge in [-0.1, -0.05) is 12.1 Å². The molecule has 0 bridgehead atoms. The van der Waals surface area contributed by atoms with Crippen molar-refractivity contribution in [3.63, 3.8) is 0 Å². The Labute approximate surface area is 150 Å². The maximum absolute atomic E-state index is 12.6. The Bertz CT molecular complexity index is 927. The molecule has 2 amide bonds. The first-order valence-electron chi connectivity index (χ1n) is 8.15. The molecule has 0 unspecified atom stereocenters. The number of aromatic nitrogens is 4. The number of amides is 2. The molecule has 0 aliphatic rings. The first-order valence-corrected chi connectivity index (χ1v) is 8.15. The molecule has 0 saturated heterocycles. The smallest absolute Gasteiger partial charge is 0.253 e. The maximum atomic E-state index is 12.6. The van der Waals surface area contributed by atoms with Crippen LogP contribution in [-0.2, 0) is 24.9 Å². The second kappa shape index (κ2) is 7.64. The molecule has 26 heavy (non-hydrogen) atoms. The molecule has 0 aliphatic carbocycles. The fourth-order valence-corrected chi connectivity index (χ4v) is 2.50. The highest BCUT2D eigenvalue weighted by Crippen LogP contribution is 2.15. The van der Waals surface area contributed by atoms with Crippen molar-refractivity contribution in [2.24, 2.45) is 7.05 Å². The maximum Gasteiger partial charge on any atom is 0.253 e. The lowest BCUT2D eigenvalue weighted by molar-refractivity contribution is -0.119. The fraction of sp³-hybridized carbons (Fsp3) is 0.222. The van der Waals surface area contributed by atoms with E-state index in [9.17, 15) is 9.59 Å². The Morgan fingerprint density at radius 2 is 1.92 bits per heavy atom. The van der Waals surface area contributed by atoms with E-state index in [4.69, 9.17) is 0 Å². The third-order valence-electron chi connectivity index (χ3n) is 3.76. The number of benzene rings is 1. The molecule has 3 rings (SSSR count). The summed E-state index contributed by atoms with van der Waals surface area (Å²) in [6, 6.07) is 7.23. The number of hydrogen-bond acceptors (Lipinski definition) is 4. The van der Waals surface area contributed by atoms with Gasteiger partial charge in [-0.05, 0) is 12.1 Å². The van der Waals surface area contributed by atoms with Gasteiger partial charge in [-0.15, -0.1) is 0 Å². The molecule has 0 saturated carbocycles. The molecule has 3 aromatic rings. The predicted octanol–water partition coefficient (Wildman–Crippen LogP) is 1.17. The zero-order valence-corrected chi connectivity index (χ0v) is 14.6. The lowest BCUT2D eigenvalue weighted by Crippen LogP contribution is -2.24. The first-order chi connectivity index (χ1) is 12.5. The van der Waals surface area contributed by atoms with E-state index in [2.05, 4.69) is 20.7 Å². The topological polar surface area (TPSA) is 93.8 Å². The summed E-state index contributed by atoms with van der Waals surface area (Å²) in [5.41, 5.74) is 2.82. The molecule has 0 spiro atoms. The second-order valence-corrected chi connectivity index (χ2v) is 5.93. The van der Waals surface area contributed by atoms with Crippen LogP contribution in [0.5, 0.6) is 0 Å². The highest BCUT2D eigenvalue weighted by atomic mass is 16.2. The van der Waals surface area contributed by atoms with Crippen molar-refractivity contribution in [1.82, 2.24) is 30.0 Å². The van der Waals surface area contributed by atoms with Gasteiger partial charge in [0, 0.05) is 38.5 Å². The fourth-order valence-electron chi connectivity index (χ4n) is 2.50. The second-order valence-electron chi connectivity index (χ2n) is 5.93. The third-order valence-corrected chi connectivity index (χ3v) is 3.76. The van der Waals surface area contributed by atoms with Crippen LogP contribution in [0.1, 0.15) is 28.5 Å². The molecule has 0 aliphatic heterocycles. The van der Waals surface area contributed by atoms with Gasteiger partial charge in [-0.2, -0.15) is 5.10 Å². The van der Waals surface area contributed by atoms with Crippen LogP contribution in [0.15, 0.2) is 49.2 Å². The van der Waals surface area contributed by atoms with Gasteiger partial charge in [0.1, 0.15) is 0 Å². The van der Waals surface area contributed by atoms with Crippen LogP contribution in [0.25, 0.3) is 5.69 Å². The van der Waals surface area contributed by atoms with E-state index in [1.807, 2.05) is 29.9 Å². The summed E-state index contributed by atoms with van der Waals surface area (Å²) in [6.07, 6.45) is 7.00. The molecule has 2 heterocycles. The molecule has 2 aromatic heterocycles. The SMILES string of the molecule is CC(=O)NCc1cnn(-c2ccccc2C(=O)NCc2cn(C)cn2)c1. The van der Waals surface area contributed by atoms with Crippen LogP contribution in [0.3, 0.4) is 0 Å². The van der Waals surface area contributed by atoms with Crippen LogP contribution < -0.4 is 10.6 Å². The molecule has 0 radical (unpaired) electrons. The minimum absolute atomic E-state index is 0.105. The van der Waals surface area contributed by atoms with Crippen molar-refractivity contribution >= 4 is 11.8 Å². The van der Waals surface area contributed by atoms with Gasteiger partial charge in [-0.3, -0.25) is 9.59 Å². The Hall–Kier alpha value is -3.42. The van der Waals surface area contributed by atoms with E-state index in [0.717, 1.165) is 11.3 Å². The largest absolute Gasteiger partial charge is 0.352 e. The van der Waals surface area contributed by atoms with Gasteiger partial charge < -0.3 is 15.2 Å². The summed E-state index contributed by atoms with van der Waals surface area (Å²) in [5, 5.41) is 9.90. The molecular formula is C18H20N6O2. The van der Waals surface area contributed by atoms with Crippen molar-refractivity contribution in [3.05, 3.63) is 66.0 Å². The van der Waals surface area contributed by atoms with E-state index < -0.39 is 0 Å². The number of aryl methyl sites for hydroxylation is 1. The Morgan fingerprint density at radius 1 is 1.12 bits per heavy atom. The molecular weight excluding hydrogens is 332 g/mol. The van der Waals surface area contributed by atoms with Gasteiger partial charge in [-0.25, -0.2) is 9.67 Å². The van der Waals surface area contributed by atoms with Gasteiger partial charge in [0.05, 0.1) is 36.0 Å². The molecule has 8 heteroatoms. The molecule has 0 fully saturated rings. The zero-order chi connectivity index (χ0) is 18.5. The molecule has 134 valence electrons. The van der Waals surface area contributed by atoms with E-state index in [1.54, 1.807) is 35.5 Å². The van der Waals surface area contributed by atoms with Crippen LogP contribution in [0, 0.1) is 0 Å². The number of nitrogens with one attached hydrogen (secondary N) is 2. The summed E-state index contributed by atoms with van der Waals surface area (Å²) < 4.78 is 3.46. The number of para-hydroxylation sites is 1. The van der Waals surface area contributed by atoms with Crippen molar-refractivity contribution in [3.8, 4) is 5.69 Å². The van der Waals surface area contributed by atoms with E-state index in [-0.39, 0.29) is 11.8 Å². The number of rotatable bonds is 6. The Morgan fingerprint density at radius 3 is 2.65 bits per heavy atom. The monoisotopic (exact) mass is 352 g/mol. The summed E-state index contributed by atoms with van der Waals surface area (Å²) in [6.45, 7) is 2.20. The third kappa shape index (κ3) is 4.15. The highest BCUT2D eigenvalue weighted by Gasteiger charge is 2.13.